The maximum atomic E-state index is 13.3. The Labute approximate surface area is 446 Å². The second-order valence-corrected chi connectivity index (χ2v) is 19.6. The van der Waals surface area contributed by atoms with Gasteiger partial charge in [0.1, 0.15) is 23.0 Å². The smallest absolute Gasteiger partial charge is 0.255 e. The third-order valence-electron chi connectivity index (χ3n) is 15.1. The van der Waals surface area contributed by atoms with E-state index >= 15 is 0 Å². The highest BCUT2D eigenvalue weighted by atomic mass is 16.2. The van der Waals surface area contributed by atoms with E-state index < -0.39 is 0 Å². The van der Waals surface area contributed by atoms with Crippen LogP contribution in [-0.4, -0.2) is 171 Å². The molecule has 2 amide bonds. The zero-order chi connectivity index (χ0) is 54.1. The average molecular weight is 1040 g/mol. The number of likely N-dealkylation sites (N-methyl/N-ethyl adjacent to an activating group) is 2. The minimum atomic E-state index is -0.190. The van der Waals surface area contributed by atoms with Crippen LogP contribution < -0.4 is 30.2 Å². The number of carbonyl (C=O) groups excluding carboxylic acids is 2. The number of nitrogens with one attached hydrogen (secondary N) is 4. The molecular weight excluding hydrogens is 977 g/mol. The van der Waals surface area contributed by atoms with E-state index in [2.05, 4.69) is 132 Å². The number of benzene rings is 2. The molecule has 6 aromatic heterocycles. The molecule has 0 aliphatic carbocycles. The number of tetrazole rings is 2. The Morgan fingerprint density at radius 3 is 1.55 bits per heavy atom. The van der Waals surface area contributed by atoms with E-state index in [1.807, 2.05) is 113 Å². The van der Waals surface area contributed by atoms with Gasteiger partial charge in [-0.2, -0.15) is 10.2 Å². The molecule has 0 saturated carbocycles. The summed E-state index contributed by atoms with van der Waals surface area (Å²) in [7, 11) is 5.85. The number of amides is 2. The molecule has 0 radical (unpaired) electrons. The Morgan fingerprint density at radius 1 is 0.623 bits per heavy atom. The number of nitrogens with zero attached hydrogens (tertiary/aromatic N) is 18. The number of hydrogen-bond donors (Lipinski definition) is 4. The first kappa shape index (κ1) is 51.8. The van der Waals surface area contributed by atoms with Crippen molar-refractivity contribution < 1.29 is 9.59 Å². The molecule has 4 N–H and O–H groups in total. The van der Waals surface area contributed by atoms with E-state index in [1.54, 1.807) is 9.36 Å². The van der Waals surface area contributed by atoms with Gasteiger partial charge in [0, 0.05) is 123 Å². The molecular formula is C53H66N22O2. The molecule has 2 saturated heterocycles. The van der Waals surface area contributed by atoms with Crippen molar-refractivity contribution in [2.24, 2.45) is 0 Å². The molecule has 77 heavy (non-hydrogen) atoms. The van der Waals surface area contributed by atoms with Crippen molar-refractivity contribution in [3.63, 3.8) is 0 Å². The number of H-pyrrole nitrogens is 2. The third-order valence-corrected chi connectivity index (χ3v) is 15.1. The van der Waals surface area contributed by atoms with Gasteiger partial charge in [0.25, 0.3) is 11.8 Å². The molecule has 10 heterocycles. The van der Waals surface area contributed by atoms with Crippen molar-refractivity contribution >= 4 is 68.5 Å². The normalized spacial score (nSPS) is 17.9. The molecule has 8 aromatic rings. The lowest BCUT2D eigenvalue weighted by atomic mass is 10.1. The fourth-order valence-electron chi connectivity index (χ4n) is 10.2. The summed E-state index contributed by atoms with van der Waals surface area (Å²) in [5.41, 5.74) is 9.61. The van der Waals surface area contributed by atoms with Crippen molar-refractivity contribution in [2.45, 2.75) is 73.6 Å². The fourth-order valence-corrected chi connectivity index (χ4v) is 10.2. The molecule has 400 valence electrons. The second kappa shape index (κ2) is 21.9. The summed E-state index contributed by atoms with van der Waals surface area (Å²) in [6.45, 7) is 22.0. The average Bonchev–Trinajstić information content (AvgIpc) is 4.34. The van der Waals surface area contributed by atoms with E-state index in [0.717, 1.165) is 113 Å². The van der Waals surface area contributed by atoms with Crippen molar-refractivity contribution in [2.75, 3.05) is 97.2 Å². The highest BCUT2D eigenvalue weighted by molar-refractivity contribution is 6.07. The van der Waals surface area contributed by atoms with Gasteiger partial charge in [-0.15, -0.1) is 0 Å². The zero-order valence-electron chi connectivity index (χ0n) is 45.3. The van der Waals surface area contributed by atoms with Crippen LogP contribution in [0.3, 0.4) is 0 Å². The van der Waals surface area contributed by atoms with Crippen LogP contribution in [0.4, 0.5) is 34.9 Å². The van der Waals surface area contributed by atoms with Gasteiger partial charge in [-0.3, -0.25) is 24.7 Å². The molecule has 2 fully saturated rings. The topological polar surface area (TPSA) is 248 Å². The predicted octanol–water partition coefficient (Wildman–Crippen LogP) is 5.64. The van der Waals surface area contributed by atoms with Gasteiger partial charge in [-0.1, -0.05) is 31.0 Å². The molecule has 2 atom stereocenters. The largest absolute Gasteiger partial charge is 0.354 e. The predicted molar refractivity (Wildman–Crippen MR) is 298 cm³/mol. The first-order valence-corrected chi connectivity index (χ1v) is 26.2. The van der Waals surface area contributed by atoms with Crippen LogP contribution in [0.15, 0.2) is 95.6 Å². The van der Waals surface area contributed by atoms with Crippen molar-refractivity contribution in [3.8, 4) is 22.5 Å². The minimum absolute atomic E-state index is 0.188. The SMILES string of the molecule is CC.CC1=C(C(=O)Nc2ccc3[nH]nc(-c4ccnc(N5CCN(C)C(C)C5)c4)c3c2)Cn2nnnc2N1C.CCN1CCN(c2cc(-c3n[nH]c4ccc(NC(=O)C5=C(C)N(C)c6nnnn6C5)cc34)ccn2)CC1C. The zero-order valence-corrected chi connectivity index (χ0v) is 45.3. The van der Waals surface area contributed by atoms with Crippen LogP contribution in [0.25, 0.3) is 44.3 Å². The Kier molecular flexibility index (Phi) is 14.7. The van der Waals surface area contributed by atoms with Gasteiger partial charge in [0.05, 0.1) is 35.3 Å². The lowest BCUT2D eigenvalue weighted by molar-refractivity contribution is -0.114. The van der Waals surface area contributed by atoms with Crippen molar-refractivity contribution in [1.82, 2.24) is 80.6 Å². The summed E-state index contributed by atoms with van der Waals surface area (Å²) in [6, 6.07) is 20.6. The lowest BCUT2D eigenvalue weighted by Crippen LogP contribution is -2.51. The number of allylic oxidation sites excluding steroid dienone is 2. The van der Waals surface area contributed by atoms with Gasteiger partial charge < -0.3 is 35.1 Å². The third kappa shape index (κ3) is 10.3. The number of aromatic amines is 2. The molecule has 4 aliphatic rings. The van der Waals surface area contributed by atoms with Crippen LogP contribution in [0, 0.1) is 0 Å². The highest BCUT2D eigenvalue weighted by Gasteiger charge is 2.30. The molecule has 24 nitrogen and oxygen atoms in total. The molecule has 2 aromatic carbocycles. The number of rotatable bonds is 9. The Morgan fingerprint density at radius 2 is 1.09 bits per heavy atom. The van der Waals surface area contributed by atoms with E-state index in [-0.39, 0.29) is 11.8 Å². The van der Waals surface area contributed by atoms with Crippen LogP contribution in [-0.2, 0) is 22.7 Å². The monoisotopic (exact) mass is 1040 g/mol. The fraction of sp³-hybridized carbons (Fsp3) is 0.396. The molecule has 0 spiro atoms. The standard InChI is InChI=1S/C26H31N11O.C25H29N11O.C2H6/c1-5-35-10-11-36(14-16(35)2)23-12-18(8-9-27-23)24-20-13-19(6-7-22(20)29-30-24)28-25(38)21-15-37-26(31-32-33-37)34(4)17(21)3;1-15-13-35(10-9-33(15)3)22-11-17(7-8-26-22)23-19-12-18(5-6-21(19)28-29-23)27-24(37)20-14-36-25(30-31-32-36)34(4)16(20)2;1-2/h6-9,12-13,16H,5,10-11,14-15H2,1-4H3,(H,28,38)(H,29,30);5-8,11-12,15H,9-10,13-14H2,1-4H3,(H,27,37)(H,28,29);1-2H3. The summed E-state index contributed by atoms with van der Waals surface area (Å²) in [5.74, 6) is 2.75. The van der Waals surface area contributed by atoms with Gasteiger partial charge in [0.15, 0.2) is 0 Å². The maximum Gasteiger partial charge on any atom is 0.255 e. The van der Waals surface area contributed by atoms with Gasteiger partial charge in [-0.25, -0.2) is 19.3 Å². The van der Waals surface area contributed by atoms with Crippen LogP contribution >= 0.6 is 0 Å². The number of fused-ring (bicyclic) bond motifs is 4. The summed E-state index contributed by atoms with van der Waals surface area (Å²) in [6.07, 6.45) is 3.68. The van der Waals surface area contributed by atoms with Crippen molar-refractivity contribution in [1.29, 1.82) is 0 Å². The van der Waals surface area contributed by atoms with E-state index in [0.29, 0.717) is 59.6 Å². The van der Waals surface area contributed by atoms with Crippen LogP contribution in [0.5, 0.6) is 0 Å². The highest BCUT2D eigenvalue weighted by Crippen LogP contribution is 2.34. The first-order valence-electron chi connectivity index (χ1n) is 26.2. The van der Waals surface area contributed by atoms with Crippen molar-refractivity contribution in [3.05, 3.63) is 95.6 Å². The van der Waals surface area contributed by atoms with Gasteiger partial charge >= 0.3 is 0 Å². The molecule has 4 aliphatic heterocycles. The van der Waals surface area contributed by atoms with E-state index in [1.165, 1.54) is 0 Å². The van der Waals surface area contributed by atoms with Crippen LogP contribution in [0.1, 0.15) is 48.5 Å². The summed E-state index contributed by atoms with van der Waals surface area (Å²) < 4.78 is 3.23. The van der Waals surface area contributed by atoms with E-state index in [9.17, 15) is 9.59 Å². The summed E-state index contributed by atoms with van der Waals surface area (Å²) in [5, 5.41) is 46.9. The Bertz CT molecular complexity index is 3520. The maximum absolute atomic E-state index is 13.3. The second-order valence-electron chi connectivity index (χ2n) is 19.6. The molecule has 12 rings (SSSR count). The first-order chi connectivity index (χ1) is 37.3. The number of piperazine rings is 2. The van der Waals surface area contributed by atoms with Gasteiger partial charge in [0.2, 0.25) is 11.9 Å². The Balaban J connectivity index is 0.000000169. The quantitative estimate of drug-likeness (QED) is 0.136. The number of hydrogen-bond acceptors (Lipinski definition) is 18. The Hall–Kier alpha value is -8.64. The molecule has 2 unspecified atom stereocenters. The van der Waals surface area contributed by atoms with Gasteiger partial charge in [-0.05, 0) is 123 Å². The minimum Gasteiger partial charge on any atom is -0.354 e. The number of anilines is 6. The van der Waals surface area contributed by atoms with E-state index in [4.69, 9.17) is 0 Å². The van der Waals surface area contributed by atoms with Crippen LogP contribution in [0.2, 0.25) is 0 Å². The summed E-state index contributed by atoms with van der Waals surface area (Å²) in [4.78, 5) is 48.9. The summed E-state index contributed by atoms with van der Waals surface area (Å²) >= 11 is 0. The number of pyridine rings is 2. The number of aromatic nitrogens is 14. The molecule has 24 heteroatoms. The number of carbonyl (C=O) groups is 2. The lowest BCUT2D eigenvalue weighted by Gasteiger charge is -2.40. The molecule has 0 bridgehead atoms.